The fraction of sp³-hybridized carbons (Fsp3) is 0.583. The second-order valence-corrected chi connectivity index (χ2v) is 4.83. The van der Waals surface area contributed by atoms with Gasteiger partial charge in [-0.05, 0) is 34.6 Å². The second kappa shape index (κ2) is 5.69. The predicted octanol–water partition coefficient (Wildman–Crippen LogP) is 1.99. The Kier molecular flexibility index (Phi) is 4.23. The Bertz CT molecular complexity index is 378. The fourth-order valence-electron chi connectivity index (χ4n) is 2.03. The Labute approximate surface area is 111 Å². The van der Waals surface area contributed by atoms with Gasteiger partial charge in [0.05, 0.1) is 7.11 Å². The number of pyridine rings is 1. The molecule has 1 saturated heterocycles. The number of anilines is 1. The van der Waals surface area contributed by atoms with Crippen molar-refractivity contribution < 1.29 is 4.74 Å². The summed E-state index contributed by atoms with van der Waals surface area (Å²) in [5.74, 6) is 1.80. The molecule has 1 aliphatic heterocycles. The van der Waals surface area contributed by atoms with Crippen LogP contribution in [-0.4, -0.2) is 49.7 Å². The van der Waals surface area contributed by atoms with E-state index >= 15 is 0 Å². The maximum absolute atomic E-state index is 5.19. The van der Waals surface area contributed by atoms with Crippen molar-refractivity contribution in [2.45, 2.75) is 6.92 Å². The Balaban J connectivity index is 2.06. The highest BCUT2D eigenvalue weighted by Gasteiger charge is 2.17. The van der Waals surface area contributed by atoms with Crippen molar-refractivity contribution in [3.8, 4) is 5.75 Å². The summed E-state index contributed by atoms with van der Waals surface area (Å²) in [5, 5.41) is 0. The van der Waals surface area contributed by atoms with Crippen molar-refractivity contribution >= 4 is 21.7 Å². The molecule has 0 spiro atoms. The number of piperazine rings is 1. The lowest BCUT2D eigenvalue weighted by Gasteiger charge is -2.34. The molecule has 5 heteroatoms. The Morgan fingerprint density at radius 2 is 2.00 bits per heavy atom. The first-order chi connectivity index (χ1) is 8.24. The lowest BCUT2D eigenvalue weighted by molar-refractivity contribution is 0.270. The number of nitrogens with zero attached hydrogens (tertiary/aromatic N) is 3. The van der Waals surface area contributed by atoms with Crippen LogP contribution in [0, 0.1) is 0 Å². The van der Waals surface area contributed by atoms with Crippen LogP contribution in [0.25, 0.3) is 0 Å². The quantitative estimate of drug-likeness (QED) is 0.798. The minimum Gasteiger partial charge on any atom is -0.494 e. The molecule has 2 rings (SSSR count). The maximum Gasteiger partial charge on any atom is 0.151 e. The zero-order valence-electron chi connectivity index (χ0n) is 10.3. The monoisotopic (exact) mass is 299 g/mol. The van der Waals surface area contributed by atoms with E-state index in [4.69, 9.17) is 4.74 Å². The summed E-state index contributed by atoms with van der Waals surface area (Å²) >= 11 is 3.43. The molecule has 1 aromatic rings. The highest BCUT2D eigenvalue weighted by molar-refractivity contribution is 9.10. The Morgan fingerprint density at radius 1 is 1.29 bits per heavy atom. The van der Waals surface area contributed by atoms with Crippen molar-refractivity contribution in [2.24, 2.45) is 0 Å². The van der Waals surface area contributed by atoms with E-state index in [2.05, 4.69) is 37.6 Å². The minimum absolute atomic E-state index is 0.774. The molecule has 0 saturated carbocycles. The Morgan fingerprint density at radius 3 is 2.53 bits per heavy atom. The molecule has 0 aromatic carbocycles. The number of hydrogen-bond acceptors (Lipinski definition) is 4. The molecule has 2 heterocycles. The molecule has 0 atom stereocenters. The molecule has 1 fully saturated rings. The molecular weight excluding hydrogens is 282 g/mol. The van der Waals surface area contributed by atoms with Crippen LogP contribution in [0.5, 0.6) is 5.75 Å². The van der Waals surface area contributed by atoms with E-state index < -0.39 is 0 Å². The molecule has 0 bridgehead atoms. The number of aromatic nitrogens is 1. The number of hydrogen-bond donors (Lipinski definition) is 0. The third-order valence-corrected chi connectivity index (χ3v) is 3.73. The normalized spacial score (nSPS) is 17.2. The number of likely N-dealkylation sites (N-methyl/N-ethyl adjacent to an activating group) is 1. The van der Waals surface area contributed by atoms with Crippen LogP contribution in [0.15, 0.2) is 16.7 Å². The van der Waals surface area contributed by atoms with Crippen LogP contribution in [0.2, 0.25) is 0 Å². The number of methoxy groups -OCH3 is 1. The highest BCUT2D eigenvalue weighted by Crippen LogP contribution is 2.26. The third kappa shape index (κ3) is 2.90. The maximum atomic E-state index is 5.19. The average molecular weight is 300 g/mol. The second-order valence-electron chi connectivity index (χ2n) is 4.08. The van der Waals surface area contributed by atoms with Gasteiger partial charge < -0.3 is 14.5 Å². The fourth-order valence-corrected chi connectivity index (χ4v) is 2.51. The SMILES string of the molecule is CCN1CCN(c2ccc(OC)c(Br)n2)CC1. The lowest BCUT2D eigenvalue weighted by Crippen LogP contribution is -2.46. The van der Waals surface area contributed by atoms with Crippen LogP contribution >= 0.6 is 15.9 Å². The number of rotatable bonds is 3. The van der Waals surface area contributed by atoms with E-state index in [1.54, 1.807) is 7.11 Å². The first-order valence-corrected chi connectivity index (χ1v) is 6.71. The van der Waals surface area contributed by atoms with Crippen LogP contribution in [0.3, 0.4) is 0 Å². The molecule has 17 heavy (non-hydrogen) atoms. The van der Waals surface area contributed by atoms with E-state index in [9.17, 15) is 0 Å². The predicted molar refractivity (Wildman–Crippen MR) is 72.8 cm³/mol. The molecule has 4 nitrogen and oxygen atoms in total. The first-order valence-electron chi connectivity index (χ1n) is 5.92. The summed E-state index contributed by atoms with van der Waals surface area (Å²) in [6.07, 6.45) is 0. The van der Waals surface area contributed by atoms with E-state index in [1.807, 2.05) is 12.1 Å². The van der Waals surface area contributed by atoms with Crippen LogP contribution in [0.4, 0.5) is 5.82 Å². The van der Waals surface area contributed by atoms with E-state index in [1.165, 1.54) is 0 Å². The lowest BCUT2D eigenvalue weighted by atomic mass is 10.3. The summed E-state index contributed by atoms with van der Waals surface area (Å²) in [4.78, 5) is 9.29. The molecule has 1 aliphatic rings. The molecule has 94 valence electrons. The van der Waals surface area contributed by atoms with Crippen molar-refractivity contribution in [1.82, 2.24) is 9.88 Å². The molecule has 1 aromatic heterocycles. The summed E-state index contributed by atoms with van der Waals surface area (Å²) in [7, 11) is 1.65. The van der Waals surface area contributed by atoms with Gasteiger partial charge in [0.2, 0.25) is 0 Å². The molecule has 0 aliphatic carbocycles. The van der Waals surface area contributed by atoms with Crippen LogP contribution < -0.4 is 9.64 Å². The van der Waals surface area contributed by atoms with Crippen molar-refractivity contribution in [3.05, 3.63) is 16.7 Å². The average Bonchev–Trinajstić information content (AvgIpc) is 2.39. The molecule has 0 amide bonds. The highest BCUT2D eigenvalue weighted by atomic mass is 79.9. The summed E-state index contributed by atoms with van der Waals surface area (Å²) in [6, 6.07) is 3.98. The third-order valence-electron chi connectivity index (χ3n) is 3.16. The molecular formula is C12H18BrN3O. The zero-order valence-corrected chi connectivity index (χ0v) is 11.9. The summed E-state index contributed by atoms with van der Waals surface area (Å²) < 4.78 is 5.96. The van der Waals surface area contributed by atoms with Gasteiger partial charge in [-0.25, -0.2) is 4.98 Å². The zero-order chi connectivity index (χ0) is 12.3. The molecule has 0 unspecified atom stereocenters. The van der Waals surface area contributed by atoms with Gasteiger partial charge in [0.25, 0.3) is 0 Å². The van der Waals surface area contributed by atoms with E-state index in [0.717, 1.165) is 48.9 Å². The number of halogens is 1. The van der Waals surface area contributed by atoms with Crippen molar-refractivity contribution in [1.29, 1.82) is 0 Å². The van der Waals surface area contributed by atoms with Gasteiger partial charge in [0.15, 0.2) is 5.75 Å². The van der Waals surface area contributed by atoms with Gasteiger partial charge in [-0.3, -0.25) is 0 Å². The number of ether oxygens (including phenoxy) is 1. The van der Waals surface area contributed by atoms with Gasteiger partial charge >= 0.3 is 0 Å². The van der Waals surface area contributed by atoms with Crippen molar-refractivity contribution in [2.75, 3.05) is 44.7 Å². The largest absolute Gasteiger partial charge is 0.494 e. The van der Waals surface area contributed by atoms with Crippen LogP contribution in [-0.2, 0) is 0 Å². The van der Waals surface area contributed by atoms with Gasteiger partial charge in [-0.15, -0.1) is 0 Å². The molecule has 0 N–H and O–H groups in total. The Hall–Kier alpha value is -0.810. The summed E-state index contributed by atoms with van der Waals surface area (Å²) in [6.45, 7) is 7.65. The van der Waals surface area contributed by atoms with Gasteiger partial charge in [0, 0.05) is 26.2 Å². The van der Waals surface area contributed by atoms with E-state index in [-0.39, 0.29) is 0 Å². The first kappa shape index (κ1) is 12.6. The van der Waals surface area contributed by atoms with Gasteiger partial charge in [-0.2, -0.15) is 0 Å². The topological polar surface area (TPSA) is 28.6 Å². The van der Waals surface area contributed by atoms with Gasteiger partial charge in [-0.1, -0.05) is 6.92 Å². The minimum atomic E-state index is 0.774. The molecule has 0 radical (unpaired) electrons. The van der Waals surface area contributed by atoms with E-state index in [0.29, 0.717) is 0 Å². The van der Waals surface area contributed by atoms with Crippen LogP contribution in [0.1, 0.15) is 6.92 Å². The van der Waals surface area contributed by atoms with Crippen molar-refractivity contribution in [3.63, 3.8) is 0 Å². The smallest absolute Gasteiger partial charge is 0.151 e. The summed E-state index contributed by atoms with van der Waals surface area (Å²) in [5.41, 5.74) is 0. The standard InChI is InChI=1S/C12H18BrN3O/c1-3-15-6-8-16(9-7-15)11-5-4-10(17-2)12(13)14-11/h4-5H,3,6-9H2,1-2H3. The van der Waals surface area contributed by atoms with Gasteiger partial charge in [0.1, 0.15) is 10.4 Å².